The first-order valence-corrected chi connectivity index (χ1v) is 19.9. The van der Waals surface area contributed by atoms with Gasteiger partial charge in [0.05, 0.1) is 22.3 Å². The number of hydrogen-bond acceptors (Lipinski definition) is 9. The van der Waals surface area contributed by atoms with Crippen LogP contribution in [-0.4, -0.2) is 97.7 Å². The lowest BCUT2D eigenvalue weighted by atomic mass is 9.98. The van der Waals surface area contributed by atoms with E-state index in [2.05, 4.69) is 20.0 Å². The molecule has 6 rings (SSSR count). The fourth-order valence-corrected chi connectivity index (χ4v) is 8.76. The molecule has 3 heterocycles. The van der Waals surface area contributed by atoms with E-state index >= 15 is 0 Å². The summed E-state index contributed by atoms with van der Waals surface area (Å²) in [6, 6.07) is 1.69. The first-order chi connectivity index (χ1) is 24.9. The first-order valence-electron chi connectivity index (χ1n) is 18.4. The summed E-state index contributed by atoms with van der Waals surface area (Å²) in [4.78, 5) is 67.2. The van der Waals surface area contributed by atoms with Gasteiger partial charge in [0.1, 0.15) is 35.2 Å². The molecule has 16 heteroatoms. The molecule has 3 N–H and O–H groups in total. The summed E-state index contributed by atoms with van der Waals surface area (Å²) in [5, 5.41) is 13.2. The van der Waals surface area contributed by atoms with Crippen molar-refractivity contribution in [1.29, 1.82) is 0 Å². The number of aryl methyl sites for hydroxylation is 1. The van der Waals surface area contributed by atoms with Gasteiger partial charge in [0.2, 0.25) is 27.7 Å². The summed E-state index contributed by atoms with van der Waals surface area (Å²) in [5.74, 6) is -2.98. The van der Waals surface area contributed by atoms with E-state index < -0.39 is 79.6 Å². The molecule has 53 heavy (non-hydrogen) atoms. The average molecular weight is 757 g/mol. The minimum atomic E-state index is -4.02. The molecule has 0 radical (unpaired) electrons. The van der Waals surface area contributed by atoms with Crippen molar-refractivity contribution in [2.24, 2.45) is 5.92 Å². The number of rotatable bonds is 7. The Kier molecular flexibility index (Phi) is 10.2. The maximum Gasteiger partial charge on any atom is 0.408 e. The Morgan fingerprint density at radius 3 is 2.55 bits per heavy atom. The highest BCUT2D eigenvalue weighted by Gasteiger charge is 2.63. The van der Waals surface area contributed by atoms with Crippen molar-refractivity contribution < 1.29 is 41.8 Å². The van der Waals surface area contributed by atoms with Crippen LogP contribution < -0.4 is 14.8 Å². The van der Waals surface area contributed by atoms with Gasteiger partial charge in [0, 0.05) is 23.9 Å². The summed E-state index contributed by atoms with van der Waals surface area (Å²) in [6.07, 6.45) is 5.87. The molecule has 2 aromatic rings. The Hall–Kier alpha value is -4.34. The van der Waals surface area contributed by atoms with Gasteiger partial charge in [-0.2, -0.15) is 0 Å². The highest BCUT2D eigenvalue weighted by Crippen LogP contribution is 2.47. The fourth-order valence-electron chi connectivity index (χ4n) is 7.45. The van der Waals surface area contributed by atoms with Crippen LogP contribution in [0, 0.1) is 11.7 Å². The predicted octanol–water partition coefficient (Wildman–Crippen LogP) is 4.22. The van der Waals surface area contributed by atoms with E-state index in [-0.39, 0.29) is 37.2 Å². The van der Waals surface area contributed by atoms with Gasteiger partial charge in [0.25, 0.3) is 5.91 Å². The Labute approximate surface area is 309 Å². The number of ether oxygens (including phenoxy) is 1. The molecule has 3 fully saturated rings. The third-order valence-electron chi connectivity index (χ3n) is 11.0. The molecule has 2 saturated carbocycles. The second-order valence-corrected chi connectivity index (χ2v) is 18.2. The monoisotopic (exact) mass is 756 g/mol. The topological polar surface area (TPSA) is 188 Å². The lowest BCUT2D eigenvalue weighted by molar-refractivity contribution is -0.144. The number of amides is 4. The second kappa shape index (κ2) is 14.1. The van der Waals surface area contributed by atoms with E-state index in [1.165, 1.54) is 23.1 Å². The highest BCUT2D eigenvalue weighted by atomic mass is 32.2. The van der Waals surface area contributed by atoms with Crippen LogP contribution in [0.4, 0.5) is 9.18 Å². The molecule has 0 spiro atoms. The van der Waals surface area contributed by atoms with Crippen molar-refractivity contribution in [3.63, 3.8) is 0 Å². The van der Waals surface area contributed by atoms with Crippen molar-refractivity contribution in [2.45, 2.75) is 133 Å². The van der Waals surface area contributed by atoms with Crippen LogP contribution in [0.3, 0.4) is 0 Å². The van der Waals surface area contributed by atoms with Crippen molar-refractivity contribution in [2.75, 3.05) is 6.54 Å². The SMILES string of the molecule is CCc1nc2ccc(F)cc2nc1O[C@@H]1C[C@H]2C(=O)N[C@]3(C(=O)NS(=O)(=O)C4(C)CC4)C[C@H]3C=CCCCCC[C@H](N(C(=O)O)C(C)(C)C)C(=O)N2C1. The van der Waals surface area contributed by atoms with Crippen LogP contribution in [0.1, 0.15) is 98.1 Å². The summed E-state index contributed by atoms with van der Waals surface area (Å²) < 4.78 is 47.9. The molecular formula is C37H49FN6O8S. The average Bonchev–Trinajstić information content (AvgIpc) is 3.95. The minimum absolute atomic E-state index is 0.0481. The molecule has 2 aliphatic carbocycles. The number of hydrogen-bond donors (Lipinski definition) is 3. The van der Waals surface area contributed by atoms with Gasteiger partial charge in [-0.25, -0.2) is 27.6 Å². The first kappa shape index (κ1) is 38.4. The van der Waals surface area contributed by atoms with Crippen molar-refractivity contribution in [3.8, 4) is 5.88 Å². The number of aromatic nitrogens is 2. The number of carbonyl (C=O) groups is 4. The van der Waals surface area contributed by atoms with Crippen LogP contribution in [0.15, 0.2) is 30.4 Å². The van der Waals surface area contributed by atoms with Gasteiger partial charge >= 0.3 is 6.09 Å². The Morgan fingerprint density at radius 2 is 1.89 bits per heavy atom. The standard InChI is InChI=1S/C37H49FN6O8S/c1-6-25-31(40-27-18-23(38)14-15-26(27)39-25)52-24-19-29-30(45)41-37(33(47)42-53(50,51)36(5)16-17-36)20-22(37)12-10-8-7-9-11-13-28(32(46)43(29)21-24)44(34(48)49)35(2,3)4/h10,12,14-15,18,22,24,28-29H,6-9,11,13,16-17,19-21H2,1-5H3,(H,41,45)(H,42,47)(H,48,49)/t22-,24-,28+,29+,37-/m1/s1. The maximum atomic E-state index is 14.7. The lowest BCUT2D eigenvalue weighted by Crippen LogP contribution is -2.61. The summed E-state index contributed by atoms with van der Waals surface area (Å²) in [7, 11) is -4.02. The van der Waals surface area contributed by atoms with Gasteiger partial charge < -0.3 is 20.1 Å². The molecule has 0 bridgehead atoms. The van der Waals surface area contributed by atoms with E-state index in [0.717, 1.165) is 11.3 Å². The molecule has 14 nitrogen and oxygen atoms in total. The van der Waals surface area contributed by atoms with Gasteiger partial charge in [-0.1, -0.05) is 31.9 Å². The molecular weight excluding hydrogens is 708 g/mol. The molecule has 2 aliphatic heterocycles. The molecule has 1 saturated heterocycles. The van der Waals surface area contributed by atoms with Crippen LogP contribution >= 0.6 is 0 Å². The molecule has 5 atom stereocenters. The molecule has 0 unspecified atom stereocenters. The van der Waals surface area contributed by atoms with E-state index in [1.54, 1.807) is 27.7 Å². The van der Waals surface area contributed by atoms with Crippen LogP contribution in [0.2, 0.25) is 0 Å². The van der Waals surface area contributed by atoms with E-state index in [9.17, 15) is 37.1 Å². The van der Waals surface area contributed by atoms with Gasteiger partial charge in [-0.15, -0.1) is 0 Å². The van der Waals surface area contributed by atoms with E-state index in [1.807, 2.05) is 19.1 Å². The van der Waals surface area contributed by atoms with Gasteiger partial charge in [0.15, 0.2) is 0 Å². The van der Waals surface area contributed by atoms with Crippen molar-refractivity contribution >= 4 is 44.9 Å². The predicted molar refractivity (Wildman–Crippen MR) is 193 cm³/mol. The zero-order valence-electron chi connectivity index (χ0n) is 30.9. The third kappa shape index (κ3) is 7.69. The largest absolute Gasteiger partial charge is 0.471 e. The molecule has 4 aliphatic rings. The number of benzene rings is 1. The van der Waals surface area contributed by atoms with E-state index in [4.69, 9.17) is 4.74 Å². The lowest BCUT2D eigenvalue weighted by Gasteiger charge is -2.41. The normalized spacial score (nSPS) is 27.5. The third-order valence-corrected chi connectivity index (χ3v) is 13.1. The highest BCUT2D eigenvalue weighted by molar-refractivity contribution is 7.91. The minimum Gasteiger partial charge on any atom is -0.471 e. The van der Waals surface area contributed by atoms with Crippen LogP contribution in [0.5, 0.6) is 5.88 Å². The summed E-state index contributed by atoms with van der Waals surface area (Å²) in [5.41, 5.74) is -1.32. The summed E-state index contributed by atoms with van der Waals surface area (Å²) >= 11 is 0. The smallest absolute Gasteiger partial charge is 0.408 e. The molecule has 1 aromatic heterocycles. The Morgan fingerprint density at radius 1 is 1.15 bits per heavy atom. The Balaban J connectivity index is 1.36. The zero-order valence-corrected chi connectivity index (χ0v) is 31.7. The number of halogens is 1. The van der Waals surface area contributed by atoms with Crippen LogP contribution in [-0.2, 0) is 30.8 Å². The van der Waals surface area contributed by atoms with Crippen LogP contribution in [0.25, 0.3) is 11.0 Å². The second-order valence-electron chi connectivity index (χ2n) is 16.0. The van der Waals surface area contributed by atoms with Gasteiger partial charge in [-0.05, 0) is 84.8 Å². The van der Waals surface area contributed by atoms with Gasteiger partial charge in [-0.3, -0.25) is 24.0 Å². The number of nitrogens with one attached hydrogen (secondary N) is 2. The fraction of sp³-hybridized carbons (Fsp3) is 0.622. The zero-order chi connectivity index (χ0) is 38.5. The Bertz CT molecular complexity index is 1950. The van der Waals surface area contributed by atoms with E-state index in [0.29, 0.717) is 49.7 Å². The number of fused-ring (bicyclic) bond motifs is 3. The number of allylic oxidation sites excluding steroid dienone is 1. The number of nitrogens with zero attached hydrogens (tertiary/aromatic N) is 4. The number of carbonyl (C=O) groups excluding carboxylic acids is 3. The number of carboxylic acid groups (broad SMARTS) is 1. The van der Waals surface area contributed by atoms with Crippen molar-refractivity contribution in [3.05, 3.63) is 41.9 Å². The molecule has 288 valence electrons. The van der Waals surface area contributed by atoms with Crippen molar-refractivity contribution in [1.82, 2.24) is 29.8 Å². The molecule has 1 aromatic carbocycles. The number of sulfonamides is 1. The summed E-state index contributed by atoms with van der Waals surface area (Å²) in [6.45, 7) is 8.41. The molecule has 4 amide bonds. The maximum absolute atomic E-state index is 14.7. The quantitative estimate of drug-likeness (QED) is 0.345.